The smallest absolute Gasteiger partial charge is 0.220 e. The van der Waals surface area contributed by atoms with Crippen molar-refractivity contribution in [3.8, 4) is 17.0 Å². The molecule has 3 rings (SSSR count). The zero-order valence-electron chi connectivity index (χ0n) is 14.7. The van der Waals surface area contributed by atoms with E-state index in [1.807, 2.05) is 48.5 Å². The molecule has 1 N–H and O–H groups in total. The van der Waals surface area contributed by atoms with Gasteiger partial charge in [-0.15, -0.1) is 0 Å². The van der Waals surface area contributed by atoms with Gasteiger partial charge in [-0.1, -0.05) is 12.1 Å². The van der Waals surface area contributed by atoms with Gasteiger partial charge >= 0.3 is 0 Å². The fourth-order valence-electron chi connectivity index (χ4n) is 2.60. The molecular formula is C21H21N3O2. The number of benzene rings is 1. The fourth-order valence-corrected chi connectivity index (χ4v) is 2.60. The highest BCUT2D eigenvalue weighted by atomic mass is 16.5. The highest BCUT2D eigenvalue weighted by Crippen LogP contribution is 2.16. The van der Waals surface area contributed by atoms with Crippen molar-refractivity contribution in [2.45, 2.75) is 19.4 Å². The molecule has 5 heteroatoms. The number of carbonyl (C=O) groups excluding carboxylic acids is 1. The van der Waals surface area contributed by atoms with Crippen molar-refractivity contribution in [2.75, 3.05) is 7.11 Å². The second-order valence-corrected chi connectivity index (χ2v) is 5.91. The van der Waals surface area contributed by atoms with Gasteiger partial charge in [-0.3, -0.25) is 14.8 Å². The zero-order valence-corrected chi connectivity index (χ0v) is 14.7. The maximum absolute atomic E-state index is 12.1. The number of hydrogen-bond donors (Lipinski definition) is 1. The van der Waals surface area contributed by atoms with Crippen LogP contribution in [0.25, 0.3) is 11.3 Å². The number of ether oxygens (including phenoxy) is 1. The third kappa shape index (κ3) is 4.89. The molecule has 0 unspecified atom stereocenters. The minimum absolute atomic E-state index is 0.0306. The number of nitrogens with one attached hydrogen (secondary N) is 1. The van der Waals surface area contributed by atoms with Gasteiger partial charge in [0, 0.05) is 37.1 Å². The van der Waals surface area contributed by atoms with Crippen molar-refractivity contribution in [1.29, 1.82) is 0 Å². The molecule has 0 spiro atoms. The Kier molecular flexibility index (Phi) is 5.93. The summed E-state index contributed by atoms with van der Waals surface area (Å²) in [6.45, 7) is 0.488. The van der Waals surface area contributed by atoms with E-state index in [9.17, 15) is 4.79 Å². The lowest BCUT2D eigenvalue weighted by molar-refractivity contribution is -0.121. The standard InChI is InChI=1S/C21H21N3O2/c1-26-19-5-2-16(3-6-19)4-7-21(25)24-15-17-8-13-23-20(14-17)18-9-11-22-12-10-18/h2-3,5-6,8-14H,4,7,15H2,1H3,(H,24,25). The van der Waals surface area contributed by atoms with Crippen molar-refractivity contribution in [2.24, 2.45) is 0 Å². The average molecular weight is 347 g/mol. The third-order valence-electron chi connectivity index (χ3n) is 4.09. The first-order valence-corrected chi connectivity index (χ1v) is 8.49. The van der Waals surface area contributed by atoms with Gasteiger partial charge in [0.25, 0.3) is 0 Å². The molecule has 0 saturated carbocycles. The van der Waals surface area contributed by atoms with Crippen LogP contribution >= 0.6 is 0 Å². The second kappa shape index (κ2) is 8.76. The molecule has 0 aliphatic heterocycles. The summed E-state index contributed by atoms with van der Waals surface area (Å²) in [5, 5.41) is 2.97. The molecule has 0 fully saturated rings. The molecule has 2 aromatic heterocycles. The number of aromatic nitrogens is 2. The molecule has 0 radical (unpaired) electrons. The number of nitrogens with zero attached hydrogens (tertiary/aromatic N) is 2. The van der Waals surface area contributed by atoms with E-state index in [2.05, 4.69) is 15.3 Å². The second-order valence-electron chi connectivity index (χ2n) is 5.91. The van der Waals surface area contributed by atoms with E-state index in [0.717, 1.165) is 28.1 Å². The maximum atomic E-state index is 12.1. The van der Waals surface area contributed by atoms with Gasteiger partial charge in [0.2, 0.25) is 5.91 Å². The highest BCUT2D eigenvalue weighted by molar-refractivity contribution is 5.76. The molecule has 3 aromatic rings. The number of amides is 1. The average Bonchev–Trinajstić information content (AvgIpc) is 2.72. The first-order chi connectivity index (χ1) is 12.7. The van der Waals surface area contributed by atoms with Gasteiger partial charge in [-0.2, -0.15) is 0 Å². The van der Waals surface area contributed by atoms with Crippen molar-refractivity contribution in [3.63, 3.8) is 0 Å². The summed E-state index contributed by atoms with van der Waals surface area (Å²) in [5.74, 6) is 0.851. The van der Waals surface area contributed by atoms with Gasteiger partial charge in [-0.25, -0.2) is 0 Å². The predicted molar refractivity (Wildman–Crippen MR) is 101 cm³/mol. The SMILES string of the molecule is COc1ccc(CCC(=O)NCc2ccnc(-c3ccncc3)c2)cc1. The summed E-state index contributed by atoms with van der Waals surface area (Å²) in [7, 11) is 1.64. The van der Waals surface area contributed by atoms with E-state index in [4.69, 9.17) is 4.74 Å². The lowest BCUT2D eigenvalue weighted by Crippen LogP contribution is -2.23. The number of methoxy groups -OCH3 is 1. The van der Waals surface area contributed by atoms with Crippen LogP contribution in [0.15, 0.2) is 67.1 Å². The summed E-state index contributed by atoms with van der Waals surface area (Å²) in [6.07, 6.45) is 6.40. The van der Waals surface area contributed by atoms with Crippen LogP contribution in [0.1, 0.15) is 17.5 Å². The summed E-state index contributed by atoms with van der Waals surface area (Å²) >= 11 is 0. The Labute approximate surface area is 153 Å². The van der Waals surface area contributed by atoms with E-state index in [1.54, 1.807) is 25.7 Å². The fraction of sp³-hybridized carbons (Fsp3) is 0.190. The number of pyridine rings is 2. The van der Waals surface area contributed by atoms with Crippen molar-refractivity contribution >= 4 is 5.91 Å². The van der Waals surface area contributed by atoms with Crippen LogP contribution in [0, 0.1) is 0 Å². The van der Waals surface area contributed by atoms with E-state index in [1.165, 1.54) is 0 Å². The first kappa shape index (κ1) is 17.6. The molecule has 132 valence electrons. The number of hydrogen-bond acceptors (Lipinski definition) is 4. The van der Waals surface area contributed by atoms with E-state index in [-0.39, 0.29) is 5.91 Å². The first-order valence-electron chi connectivity index (χ1n) is 8.49. The Morgan fingerprint density at radius 1 is 1.00 bits per heavy atom. The molecule has 2 heterocycles. The van der Waals surface area contributed by atoms with E-state index in [0.29, 0.717) is 19.4 Å². The predicted octanol–water partition coefficient (Wildman–Crippen LogP) is 3.40. The summed E-state index contributed by atoms with van der Waals surface area (Å²) in [4.78, 5) is 20.5. The lowest BCUT2D eigenvalue weighted by atomic mass is 10.1. The molecule has 1 amide bonds. The minimum atomic E-state index is 0.0306. The summed E-state index contributed by atoms with van der Waals surface area (Å²) in [6, 6.07) is 15.5. The lowest BCUT2D eigenvalue weighted by Gasteiger charge is -2.08. The van der Waals surface area contributed by atoms with Crippen LogP contribution in [0.3, 0.4) is 0 Å². The molecule has 26 heavy (non-hydrogen) atoms. The van der Waals surface area contributed by atoms with Crippen LogP contribution in [0.2, 0.25) is 0 Å². The van der Waals surface area contributed by atoms with E-state index < -0.39 is 0 Å². The zero-order chi connectivity index (χ0) is 18.2. The topological polar surface area (TPSA) is 64.1 Å². The minimum Gasteiger partial charge on any atom is -0.497 e. The Morgan fingerprint density at radius 2 is 1.77 bits per heavy atom. The Hall–Kier alpha value is -3.21. The number of rotatable bonds is 7. The van der Waals surface area contributed by atoms with Crippen LogP contribution < -0.4 is 10.1 Å². The maximum Gasteiger partial charge on any atom is 0.220 e. The molecular weight excluding hydrogens is 326 g/mol. The highest BCUT2D eigenvalue weighted by Gasteiger charge is 2.05. The van der Waals surface area contributed by atoms with Crippen LogP contribution in [0.4, 0.5) is 0 Å². The summed E-state index contributed by atoms with van der Waals surface area (Å²) in [5.41, 5.74) is 4.01. The van der Waals surface area contributed by atoms with Crippen LogP contribution in [-0.2, 0) is 17.8 Å². The summed E-state index contributed by atoms with van der Waals surface area (Å²) < 4.78 is 5.14. The van der Waals surface area contributed by atoms with E-state index >= 15 is 0 Å². The van der Waals surface area contributed by atoms with Crippen molar-refractivity contribution < 1.29 is 9.53 Å². The van der Waals surface area contributed by atoms with Gasteiger partial charge in [0.05, 0.1) is 12.8 Å². The molecule has 1 aromatic carbocycles. The number of carbonyl (C=O) groups is 1. The molecule has 0 aliphatic carbocycles. The molecule has 5 nitrogen and oxygen atoms in total. The molecule has 0 bridgehead atoms. The monoisotopic (exact) mass is 347 g/mol. The quantitative estimate of drug-likeness (QED) is 0.711. The molecule has 0 aliphatic rings. The van der Waals surface area contributed by atoms with Crippen LogP contribution in [0.5, 0.6) is 5.75 Å². The Morgan fingerprint density at radius 3 is 2.50 bits per heavy atom. The van der Waals surface area contributed by atoms with Gasteiger partial charge in [0.15, 0.2) is 0 Å². The third-order valence-corrected chi connectivity index (χ3v) is 4.09. The molecule has 0 atom stereocenters. The van der Waals surface area contributed by atoms with Crippen molar-refractivity contribution in [3.05, 3.63) is 78.2 Å². The normalized spacial score (nSPS) is 10.3. The van der Waals surface area contributed by atoms with Gasteiger partial charge < -0.3 is 10.1 Å². The Bertz CT molecular complexity index is 849. The van der Waals surface area contributed by atoms with Gasteiger partial charge in [-0.05, 0) is 53.9 Å². The Balaban J connectivity index is 1.51. The van der Waals surface area contributed by atoms with Crippen LogP contribution in [-0.4, -0.2) is 23.0 Å². The van der Waals surface area contributed by atoms with Gasteiger partial charge in [0.1, 0.15) is 5.75 Å². The largest absolute Gasteiger partial charge is 0.497 e. The number of aryl methyl sites for hydroxylation is 1. The van der Waals surface area contributed by atoms with Crippen molar-refractivity contribution in [1.82, 2.24) is 15.3 Å². The molecule has 0 saturated heterocycles.